The Hall–Kier alpha value is -4.20. The van der Waals surface area contributed by atoms with E-state index in [1.165, 1.54) is 0 Å². The van der Waals surface area contributed by atoms with E-state index in [0.717, 1.165) is 48.4 Å². The molecule has 0 aliphatic carbocycles. The minimum Gasteiger partial charge on any atom is -0.493 e. The van der Waals surface area contributed by atoms with Gasteiger partial charge in [-0.3, -0.25) is 14.8 Å². The summed E-state index contributed by atoms with van der Waals surface area (Å²) in [5, 5.41) is 0. The average Bonchev–Trinajstić information content (AvgIpc) is 3.52. The van der Waals surface area contributed by atoms with Crippen LogP contribution in [0.25, 0.3) is 22.6 Å². The highest BCUT2D eigenvalue weighted by Gasteiger charge is 2.32. The molecule has 2 aliphatic heterocycles. The first kappa shape index (κ1) is 22.3. The van der Waals surface area contributed by atoms with Crippen molar-refractivity contribution in [1.29, 1.82) is 0 Å². The van der Waals surface area contributed by atoms with Crippen molar-refractivity contribution < 1.29 is 14.3 Å². The first-order valence-corrected chi connectivity index (χ1v) is 12.3. The van der Waals surface area contributed by atoms with Crippen molar-refractivity contribution in [3.05, 3.63) is 66.4 Å². The Morgan fingerprint density at radius 1 is 1.08 bits per heavy atom. The SMILES string of the molecule is COc1cc2c(cc1OCCCn1c(-c3ccccn3)nc3ccccc31)N=C[C@@H]1CCCN1C2=O. The van der Waals surface area contributed by atoms with Crippen molar-refractivity contribution in [2.45, 2.75) is 31.8 Å². The lowest BCUT2D eigenvalue weighted by molar-refractivity contribution is 0.0774. The molecule has 182 valence electrons. The summed E-state index contributed by atoms with van der Waals surface area (Å²) in [6.07, 6.45) is 6.37. The van der Waals surface area contributed by atoms with Crippen LogP contribution >= 0.6 is 0 Å². The van der Waals surface area contributed by atoms with Crippen LogP contribution in [0.4, 0.5) is 5.69 Å². The predicted octanol–water partition coefficient (Wildman–Crippen LogP) is 4.90. The molecule has 8 heteroatoms. The quantitative estimate of drug-likeness (QED) is 0.351. The average molecular weight is 482 g/mol. The van der Waals surface area contributed by atoms with Crippen molar-refractivity contribution in [3.8, 4) is 23.0 Å². The number of hydrogen-bond acceptors (Lipinski definition) is 6. The summed E-state index contributed by atoms with van der Waals surface area (Å²) in [5.74, 6) is 1.97. The Morgan fingerprint density at radius 3 is 2.83 bits per heavy atom. The highest BCUT2D eigenvalue weighted by atomic mass is 16.5. The largest absolute Gasteiger partial charge is 0.493 e. The number of pyridine rings is 1. The number of amides is 1. The summed E-state index contributed by atoms with van der Waals surface area (Å²) >= 11 is 0. The van der Waals surface area contributed by atoms with E-state index in [1.807, 2.05) is 53.6 Å². The Bertz CT molecular complexity index is 1450. The normalized spacial score (nSPS) is 16.6. The molecule has 1 saturated heterocycles. The van der Waals surface area contributed by atoms with Crippen molar-refractivity contribution >= 4 is 28.8 Å². The molecular weight excluding hydrogens is 454 g/mol. The van der Waals surface area contributed by atoms with Crippen LogP contribution in [0.5, 0.6) is 11.5 Å². The number of methoxy groups -OCH3 is 1. The van der Waals surface area contributed by atoms with Crippen molar-refractivity contribution in [2.24, 2.45) is 4.99 Å². The Balaban J connectivity index is 1.21. The first-order chi connectivity index (χ1) is 17.7. The van der Waals surface area contributed by atoms with Crippen LogP contribution in [0, 0.1) is 0 Å². The van der Waals surface area contributed by atoms with Gasteiger partial charge in [0.05, 0.1) is 42.0 Å². The molecule has 8 nitrogen and oxygen atoms in total. The maximum atomic E-state index is 13.1. The predicted molar refractivity (Wildman–Crippen MR) is 138 cm³/mol. The molecular formula is C28H27N5O3. The summed E-state index contributed by atoms with van der Waals surface area (Å²) in [6, 6.07) is 17.6. The van der Waals surface area contributed by atoms with Gasteiger partial charge in [-0.25, -0.2) is 4.98 Å². The van der Waals surface area contributed by atoms with Gasteiger partial charge in [0.2, 0.25) is 0 Å². The summed E-state index contributed by atoms with van der Waals surface area (Å²) < 4.78 is 13.9. The van der Waals surface area contributed by atoms with E-state index in [4.69, 9.17) is 14.5 Å². The number of aryl methyl sites for hydroxylation is 1. The van der Waals surface area contributed by atoms with Gasteiger partial charge < -0.3 is 18.9 Å². The number of imidazole rings is 1. The Morgan fingerprint density at radius 2 is 1.97 bits per heavy atom. The second-order valence-electron chi connectivity index (χ2n) is 9.00. The third-order valence-corrected chi connectivity index (χ3v) is 6.79. The minimum atomic E-state index is 0.00360. The van der Waals surface area contributed by atoms with E-state index in [0.29, 0.717) is 35.9 Å². The second kappa shape index (κ2) is 9.45. The molecule has 0 bridgehead atoms. The van der Waals surface area contributed by atoms with Crippen LogP contribution in [0.15, 0.2) is 65.8 Å². The van der Waals surface area contributed by atoms with Gasteiger partial charge in [-0.2, -0.15) is 0 Å². The molecule has 0 radical (unpaired) electrons. The van der Waals surface area contributed by atoms with Gasteiger partial charge >= 0.3 is 0 Å². The Labute approximate surface area is 209 Å². The summed E-state index contributed by atoms with van der Waals surface area (Å²) in [4.78, 5) is 28.9. The molecule has 2 aliphatic rings. The van der Waals surface area contributed by atoms with Crippen LogP contribution in [-0.4, -0.2) is 57.9 Å². The molecule has 2 aromatic heterocycles. The fraction of sp³-hybridized carbons (Fsp3) is 0.286. The van der Waals surface area contributed by atoms with Crippen LogP contribution < -0.4 is 9.47 Å². The maximum absolute atomic E-state index is 13.1. The van der Waals surface area contributed by atoms with Crippen LogP contribution in [-0.2, 0) is 6.54 Å². The van der Waals surface area contributed by atoms with Gasteiger partial charge in [-0.1, -0.05) is 18.2 Å². The minimum absolute atomic E-state index is 0.00360. The number of nitrogens with zero attached hydrogens (tertiary/aromatic N) is 5. The zero-order valence-electron chi connectivity index (χ0n) is 20.1. The van der Waals surface area contributed by atoms with Crippen molar-refractivity contribution in [3.63, 3.8) is 0 Å². The molecule has 1 amide bonds. The molecule has 0 saturated carbocycles. The van der Waals surface area contributed by atoms with E-state index in [1.54, 1.807) is 19.4 Å². The lowest BCUT2D eigenvalue weighted by Gasteiger charge is -2.20. The number of para-hydroxylation sites is 2. The highest BCUT2D eigenvalue weighted by Crippen LogP contribution is 2.38. The number of carbonyl (C=O) groups is 1. The fourth-order valence-electron chi connectivity index (χ4n) is 5.02. The number of benzene rings is 2. The number of ether oxygens (including phenoxy) is 2. The van der Waals surface area contributed by atoms with Crippen molar-refractivity contribution in [2.75, 3.05) is 20.3 Å². The van der Waals surface area contributed by atoms with E-state index in [9.17, 15) is 4.79 Å². The molecule has 1 atom stereocenters. The summed E-state index contributed by atoms with van der Waals surface area (Å²) in [7, 11) is 1.59. The van der Waals surface area contributed by atoms with Gasteiger partial charge in [-0.05, 0) is 49.6 Å². The number of hydrogen-bond donors (Lipinski definition) is 0. The zero-order valence-corrected chi connectivity index (χ0v) is 20.1. The molecule has 2 aromatic carbocycles. The molecule has 36 heavy (non-hydrogen) atoms. The van der Waals surface area contributed by atoms with Crippen LogP contribution in [0.3, 0.4) is 0 Å². The molecule has 4 heterocycles. The van der Waals surface area contributed by atoms with E-state index < -0.39 is 0 Å². The van der Waals surface area contributed by atoms with E-state index in [2.05, 4.69) is 20.6 Å². The summed E-state index contributed by atoms with van der Waals surface area (Å²) in [6.45, 7) is 1.95. The molecule has 1 fully saturated rings. The van der Waals surface area contributed by atoms with E-state index in [-0.39, 0.29) is 11.9 Å². The topological polar surface area (TPSA) is 81.8 Å². The van der Waals surface area contributed by atoms with Crippen LogP contribution in [0.1, 0.15) is 29.6 Å². The number of aromatic nitrogens is 3. The van der Waals surface area contributed by atoms with Gasteiger partial charge in [0.15, 0.2) is 17.3 Å². The van der Waals surface area contributed by atoms with Gasteiger partial charge in [-0.15, -0.1) is 0 Å². The molecule has 0 N–H and O–H groups in total. The maximum Gasteiger partial charge on any atom is 0.256 e. The lowest BCUT2D eigenvalue weighted by atomic mass is 10.1. The highest BCUT2D eigenvalue weighted by molar-refractivity contribution is 6.03. The molecule has 6 rings (SSSR count). The van der Waals surface area contributed by atoms with Gasteiger partial charge in [0.1, 0.15) is 5.69 Å². The van der Waals surface area contributed by atoms with Crippen molar-refractivity contribution in [1.82, 2.24) is 19.4 Å². The van der Waals surface area contributed by atoms with E-state index >= 15 is 0 Å². The molecule has 0 unspecified atom stereocenters. The number of rotatable bonds is 7. The Kier molecular flexibility index (Phi) is 5.85. The standard InChI is InChI=1S/C28H27N5O3/c1-35-25-16-20-23(30-18-19-8-6-13-32(19)28(20)34)17-26(25)36-15-7-14-33-24-11-3-2-9-21(24)31-27(33)22-10-4-5-12-29-22/h2-5,9-12,16-19H,6-8,13-15H2,1H3/t19-/m0/s1. The number of fused-ring (bicyclic) bond motifs is 3. The molecule has 4 aromatic rings. The van der Waals surface area contributed by atoms with Crippen LogP contribution in [0.2, 0.25) is 0 Å². The van der Waals surface area contributed by atoms with Gasteiger partial charge in [0, 0.05) is 31.6 Å². The number of aliphatic imine (C=N–C) groups is 1. The third-order valence-electron chi connectivity index (χ3n) is 6.79. The number of carbonyl (C=O) groups excluding carboxylic acids is 1. The second-order valence-corrected chi connectivity index (χ2v) is 9.00. The lowest BCUT2D eigenvalue weighted by Crippen LogP contribution is -2.35. The smallest absolute Gasteiger partial charge is 0.256 e. The zero-order chi connectivity index (χ0) is 24.5. The fourth-order valence-corrected chi connectivity index (χ4v) is 5.02. The monoisotopic (exact) mass is 481 g/mol. The van der Waals surface area contributed by atoms with Gasteiger partial charge in [0.25, 0.3) is 5.91 Å². The first-order valence-electron chi connectivity index (χ1n) is 12.3. The third kappa shape index (κ3) is 3.98. The summed E-state index contributed by atoms with van der Waals surface area (Å²) in [5.41, 5.74) is 4.03. The molecule has 0 spiro atoms.